The molecule has 2 aromatic rings. The fourth-order valence-corrected chi connectivity index (χ4v) is 2.19. The number of hydrogen-bond acceptors (Lipinski definition) is 1. The molecule has 3 rings (SSSR count). The largest absolute Gasteiger partial charge is 0.264 e. The molecule has 0 spiro atoms. The van der Waals surface area contributed by atoms with Crippen LogP contribution >= 0.6 is 0 Å². The van der Waals surface area contributed by atoms with E-state index in [1.54, 1.807) is 0 Å². The van der Waals surface area contributed by atoms with Crippen LogP contribution in [0.1, 0.15) is 25.8 Å². The maximum absolute atomic E-state index is 4.18. The van der Waals surface area contributed by atoms with Gasteiger partial charge >= 0.3 is 0 Å². The molecule has 0 radical (unpaired) electrons. The van der Waals surface area contributed by atoms with Gasteiger partial charge in [-0.3, -0.25) is 4.98 Å². The average molecular weight is 211 g/mol. The summed E-state index contributed by atoms with van der Waals surface area (Å²) in [5, 5.41) is 5.34. The van der Waals surface area contributed by atoms with Crippen LogP contribution < -0.4 is 10.4 Å². The van der Waals surface area contributed by atoms with E-state index in [1.165, 1.54) is 26.8 Å². The first-order valence-electron chi connectivity index (χ1n) is 5.90. The predicted molar refractivity (Wildman–Crippen MR) is 70.6 cm³/mol. The monoisotopic (exact) mass is 211 g/mol. The lowest BCUT2D eigenvalue weighted by molar-refractivity contribution is 1.33. The molecule has 0 saturated carbocycles. The van der Waals surface area contributed by atoms with E-state index >= 15 is 0 Å². The zero-order valence-electron chi connectivity index (χ0n) is 10.1. The van der Waals surface area contributed by atoms with E-state index in [1.807, 2.05) is 26.2 Å². The Morgan fingerprint density at radius 2 is 2.00 bits per heavy atom. The molecule has 1 aliphatic rings. The van der Waals surface area contributed by atoms with E-state index in [4.69, 9.17) is 0 Å². The molecular formula is C15H17N. The van der Waals surface area contributed by atoms with Crippen molar-refractivity contribution in [2.24, 2.45) is 0 Å². The van der Waals surface area contributed by atoms with E-state index in [0.29, 0.717) is 0 Å². The fourth-order valence-electron chi connectivity index (χ4n) is 2.19. The van der Waals surface area contributed by atoms with Gasteiger partial charge in [0, 0.05) is 17.8 Å². The molecule has 0 amide bonds. The number of nitrogens with zero attached hydrogens (tertiary/aromatic N) is 1. The summed E-state index contributed by atoms with van der Waals surface area (Å²) in [6, 6.07) is 4.33. The van der Waals surface area contributed by atoms with Crippen molar-refractivity contribution in [3.05, 3.63) is 40.5 Å². The normalized spacial score (nSPS) is 12.2. The number of pyridine rings is 1. The Bertz CT molecular complexity index is 624. The van der Waals surface area contributed by atoms with E-state index in [9.17, 15) is 0 Å². The van der Waals surface area contributed by atoms with Crippen LogP contribution in [0.15, 0.2) is 24.5 Å². The summed E-state index contributed by atoms with van der Waals surface area (Å²) in [6.07, 6.45) is 9.45. The number of fused-ring (bicyclic) bond motifs is 2. The summed E-state index contributed by atoms with van der Waals surface area (Å²) in [5.41, 5.74) is 1.36. The van der Waals surface area contributed by atoms with Crippen molar-refractivity contribution < 1.29 is 0 Å². The molecule has 0 fully saturated rings. The van der Waals surface area contributed by atoms with Crippen LogP contribution in [-0.2, 0) is 0 Å². The van der Waals surface area contributed by atoms with Gasteiger partial charge in [-0.2, -0.15) is 0 Å². The van der Waals surface area contributed by atoms with Gasteiger partial charge in [0.25, 0.3) is 0 Å². The zero-order chi connectivity index (χ0) is 11.5. The second-order valence-electron chi connectivity index (χ2n) is 3.75. The molecule has 0 bridgehead atoms. The van der Waals surface area contributed by atoms with Crippen LogP contribution in [0.5, 0.6) is 0 Å². The zero-order valence-corrected chi connectivity index (χ0v) is 10.1. The SMILES string of the molecule is CC.Cc1c2c(cc3ccncc13)=CCC=2. The molecule has 1 nitrogen and oxygen atoms in total. The minimum Gasteiger partial charge on any atom is -0.264 e. The molecule has 1 aromatic heterocycles. The van der Waals surface area contributed by atoms with Crippen molar-refractivity contribution >= 4 is 22.9 Å². The molecule has 0 saturated heterocycles. The molecule has 1 heteroatoms. The van der Waals surface area contributed by atoms with Crippen LogP contribution in [0, 0.1) is 6.92 Å². The maximum atomic E-state index is 4.18. The minimum atomic E-state index is 1.07. The molecule has 1 aliphatic carbocycles. The van der Waals surface area contributed by atoms with Gasteiger partial charge in [-0.15, -0.1) is 0 Å². The van der Waals surface area contributed by atoms with Gasteiger partial charge in [0.2, 0.25) is 0 Å². The highest BCUT2D eigenvalue weighted by atomic mass is 14.6. The van der Waals surface area contributed by atoms with E-state index in [2.05, 4.69) is 36.2 Å². The van der Waals surface area contributed by atoms with Crippen LogP contribution in [0.2, 0.25) is 0 Å². The second kappa shape index (κ2) is 4.48. The third kappa shape index (κ3) is 1.63. The second-order valence-corrected chi connectivity index (χ2v) is 3.75. The Hall–Kier alpha value is -1.63. The summed E-state index contributed by atoms with van der Waals surface area (Å²) in [7, 11) is 0. The number of aromatic nitrogens is 1. The van der Waals surface area contributed by atoms with Crippen molar-refractivity contribution in [1.82, 2.24) is 4.98 Å². The van der Waals surface area contributed by atoms with Crippen LogP contribution in [0.4, 0.5) is 0 Å². The smallest absolute Gasteiger partial charge is 0.0349 e. The number of rotatable bonds is 0. The lowest BCUT2D eigenvalue weighted by atomic mass is 10.0. The summed E-state index contributed by atoms with van der Waals surface area (Å²) < 4.78 is 0. The first-order valence-corrected chi connectivity index (χ1v) is 5.90. The van der Waals surface area contributed by atoms with Gasteiger partial charge in [-0.1, -0.05) is 26.0 Å². The maximum Gasteiger partial charge on any atom is 0.0349 e. The highest BCUT2D eigenvalue weighted by Gasteiger charge is 2.02. The van der Waals surface area contributed by atoms with Gasteiger partial charge in [-0.25, -0.2) is 0 Å². The van der Waals surface area contributed by atoms with Gasteiger partial charge in [0.15, 0.2) is 0 Å². The van der Waals surface area contributed by atoms with E-state index in [-0.39, 0.29) is 0 Å². The molecule has 0 aliphatic heterocycles. The molecule has 82 valence electrons. The third-order valence-corrected chi connectivity index (χ3v) is 2.94. The topological polar surface area (TPSA) is 12.9 Å². The number of hydrogen-bond donors (Lipinski definition) is 0. The molecule has 1 heterocycles. The Kier molecular flexibility index (Phi) is 3.04. The fraction of sp³-hybridized carbons (Fsp3) is 0.267. The number of benzene rings is 1. The van der Waals surface area contributed by atoms with Crippen LogP contribution in [0.25, 0.3) is 22.9 Å². The van der Waals surface area contributed by atoms with Crippen LogP contribution in [0.3, 0.4) is 0 Å². The molecule has 0 atom stereocenters. The number of aryl methyl sites for hydroxylation is 1. The highest BCUT2D eigenvalue weighted by Crippen LogP contribution is 2.12. The summed E-state index contributed by atoms with van der Waals surface area (Å²) in [4.78, 5) is 4.18. The van der Waals surface area contributed by atoms with Crippen molar-refractivity contribution in [3.8, 4) is 0 Å². The van der Waals surface area contributed by atoms with Crippen molar-refractivity contribution in [3.63, 3.8) is 0 Å². The van der Waals surface area contributed by atoms with Gasteiger partial charge in [0.1, 0.15) is 0 Å². The Labute approximate surface area is 96.1 Å². The van der Waals surface area contributed by atoms with Crippen molar-refractivity contribution in [1.29, 1.82) is 0 Å². The molecule has 16 heavy (non-hydrogen) atoms. The predicted octanol–water partition coefficient (Wildman–Crippen LogP) is 2.53. The standard InChI is InChI=1S/C13H11N.C2H6/c1-9-12-4-2-3-10(12)7-11-5-6-14-8-13(9)11;1-2/h3-8H,2H2,1H3;1-2H3. The summed E-state index contributed by atoms with van der Waals surface area (Å²) in [6.45, 7) is 6.18. The quantitative estimate of drug-likeness (QED) is 0.652. The molecular weight excluding hydrogens is 194 g/mol. The lowest BCUT2D eigenvalue weighted by Gasteiger charge is -2.01. The van der Waals surface area contributed by atoms with Crippen molar-refractivity contribution in [2.75, 3.05) is 0 Å². The summed E-state index contributed by atoms with van der Waals surface area (Å²) in [5.74, 6) is 0. The van der Waals surface area contributed by atoms with Gasteiger partial charge < -0.3 is 0 Å². The molecule has 1 aromatic carbocycles. The summed E-state index contributed by atoms with van der Waals surface area (Å²) >= 11 is 0. The molecule has 0 N–H and O–H groups in total. The Morgan fingerprint density at radius 1 is 1.19 bits per heavy atom. The van der Waals surface area contributed by atoms with Gasteiger partial charge in [0.05, 0.1) is 0 Å². The first kappa shape index (κ1) is 10.9. The minimum absolute atomic E-state index is 1.07. The average Bonchev–Trinajstić information content (AvgIpc) is 2.80. The van der Waals surface area contributed by atoms with Crippen molar-refractivity contribution in [2.45, 2.75) is 27.2 Å². The van der Waals surface area contributed by atoms with E-state index < -0.39 is 0 Å². The van der Waals surface area contributed by atoms with Crippen LogP contribution in [-0.4, -0.2) is 4.98 Å². The third-order valence-electron chi connectivity index (χ3n) is 2.94. The lowest BCUT2D eigenvalue weighted by Crippen LogP contribution is -2.24. The van der Waals surface area contributed by atoms with E-state index in [0.717, 1.165) is 6.42 Å². The molecule has 0 unspecified atom stereocenters. The Morgan fingerprint density at radius 3 is 2.81 bits per heavy atom. The first-order chi connectivity index (χ1) is 7.86. The Balaban J connectivity index is 0.000000457. The highest BCUT2D eigenvalue weighted by molar-refractivity contribution is 5.85. The van der Waals surface area contributed by atoms with Gasteiger partial charge in [-0.05, 0) is 46.9 Å².